The maximum absolute atomic E-state index is 11.9. The standard InChI is InChI=1S/C20H32N4O2S/c1-4-26-16-17-10-12-24(15-17)20(22-14-19(25)23(2)3)21-11-13-27-18-8-6-5-7-9-18/h5-9,17H,4,10-16H2,1-3H3,(H,21,22). The number of ether oxygens (including phenoxy) is 1. The number of carbonyl (C=O) groups is 1. The van der Waals surface area contributed by atoms with Crippen LogP contribution < -0.4 is 5.32 Å². The van der Waals surface area contributed by atoms with Crippen LogP contribution in [-0.4, -0.2) is 80.9 Å². The van der Waals surface area contributed by atoms with E-state index in [0.29, 0.717) is 5.92 Å². The number of nitrogens with zero attached hydrogens (tertiary/aromatic N) is 3. The van der Waals surface area contributed by atoms with Crippen molar-refractivity contribution in [2.24, 2.45) is 10.9 Å². The van der Waals surface area contributed by atoms with Crippen molar-refractivity contribution in [2.75, 3.05) is 59.2 Å². The van der Waals surface area contributed by atoms with Crippen molar-refractivity contribution in [3.63, 3.8) is 0 Å². The molecular formula is C20H32N4O2S. The van der Waals surface area contributed by atoms with Crippen molar-refractivity contribution in [3.8, 4) is 0 Å². The van der Waals surface area contributed by atoms with Crippen molar-refractivity contribution in [3.05, 3.63) is 30.3 Å². The number of rotatable bonds is 9. The van der Waals surface area contributed by atoms with E-state index in [4.69, 9.17) is 4.74 Å². The number of hydrogen-bond acceptors (Lipinski definition) is 4. The van der Waals surface area contributed by atoms with E-state index in [9.17, 15) is 4.79 Å². The summed E-state index contributed by atoms with van der Waals surface area (Å²) in [5.74, 6) is 2.32. The van der Waals surface area contributed by atoms with Crippen molar-refractivity contribution in [2.45, 2.75) is 18.2 Å². The molecule has 0 radical (unpaired) electrons. The second-order valence-corrected chi connectivity index (χ2v) is 7.94. The molecule has 1 atom stereocenters. The third-order valence-electron chi connectivity index (χ3n) is 4.40. The summed E-state index contributed by atoms with van der Waals surface area (Å²) in [6.07, 6.45) is 1.10. The summed E-state index contributed by atoms with van der Waals surface area (Å²) >= 11 is 1.81. The van der Waals surface area contributed by atoms with Crippen LogP contribution in [-0.2, 0) is 9.53 Å². The second kappa shape index (κ2) is 11.9. The number of nitrogens with one attached hydrogen (secondary N) is 1. The largest absolute Gasteiger partial charge is 0.381 e. The average Bonchev–Trinajstić information content (AvgIpc) is 3.15. The van der Waals surface area contributed by atoms with Crippen LogP contribution in [0.15, 0.2) is 40.2 Å². The summed E-state index contributed by atoms with van der Waals surface area (Å²) in [6, 6.07) is 10.4. The van der Waals surface area contributed by atoms with Gasteiger partial charge in [0.25, 0.3) is 0 Å². The molecule has 1 aromatic rings. The predicted molar refractivity (Wildman–Crippen MR) is 112 cm³/mol. The van der Waals surface area contributed by atoms with Crippen LogP contribution in [0.4, 0.5) is 0 Å². The lowest BCUT2D eigenvalue weighted by Crippen LogP contribution is -2.42. The summed E-state index contributed by atoms with van der Waals surface area (Å²) in [5, 5.41) is 3.45. The van der Waals surface area contributed by atoms with E-state index in [1.807, 2.05) is 24.8 Å². The van der Waals surface area contributed by atoms with Gasteiger partial charge in [-0.2, -0.15) is 0 Å². The number of hydrogen-bond donors (Lipinski definition) is 1. The normalized spacial score (nSPS) is 17.2. The van der Waals surface area contributed by atoms with Gasteiger partial charge in [-0.05, 0) is 25.5 Å². The predicted octanol–water partition coefficient (Wildman–Crippen LogP) is 2.17. The lowest BCUT2D eigenvalue weighted by Gasteiger charge is -2.22. The van der Waals surface area contributed by atoms with Crippen molar-refractivity contribution in [1.29, 1.82) is 0 Å². The smallest absolute Gasteiger partial charge is 0.243 e. The molecule has 1 N–H and O–H groups in total. The van der Waals surface area contributed by atoms with Gasteiger partial charge < -0.3 is 19.9 Å². The van der Waals surface area contributed by atoms with Gasteiger partial charge in [0.15, 0.2) is 5.96 Å². The molecule has 1 saturated heterocycles. The minimum Gasteiger partial charge on any atom is -0.381 e. The molecule has 1 amide bonds. The molecule has 1 heterocycles. The molecular weight excluding hydrogens is 360 g/mol. The van der Waals surface area contributed by atoms with Gasteiger partial charge >= 0.3 is 0 Å². The van der Waals surface area contributed by atoms with Crippen LogP contribution in [0.2, 0.25) is 0 Å². The summed E-state index contributed by atoms with van der Waals surface area (Å²) in [5.41, 5.74) is 0. The van der Waals surface area contributed by atoms with E-state index in [1.165, 1.54) is 4.90 Å². The van der Waals surface area contributed by atoms with Crippen LogP contribution in [0.5, 0.6) is 0 Å². The van der Waals surface area contributed by atoms with E-state index in [1.54, 1.807) is 19.0 Å². The zero-order chi connectivity index (χ0) is 19.5. The molecule has 1 aliphatic rings. The molecule has 1 aromatic carbocycles. The monoisotopic (exact) mass is 392 g/mol. The molecule has 1 aliphatic heterocycles. The highest BCUT2D eigenvalue weighted by Crippen LogP contribution is 2.18. The van der Waals surface area contributed by atoms with Gasteiger partial charge in [0.1, 0.15) is 6.54 Å². The van der Waals surface area contributed by atoms with Gasteiger partial charge in [-0.25, -0.2) is 4.99 Å². The van der Waals surface area contributed by atoms with Crippen LogP contribution in [0, 0.1) is 5.92 Å². The lowest BCUT2D eigenvalue weighted by atomic mass is 10.1. The second-order valence-electron chi connectivity index (χ2n) is 6.78. The highest BCUT2D eigenvalue weighted by atomic mass is 32.2. The average molecular weight is 393 g/mol. The molecule has 27 heavy (non-hydrogen) atoms. The molecule has 1 fully saturated rings. The summed E-state index contributed by atoms with van der Waals surface area (Å²) in [7, 11) is 3.52. The number of guanidine groups is 1. The third kappa shape index (κ3) is 7.81. The molecule has 0 bridgehead atoms. The zero-order valence-corrected chi connectivity index (χ0v) is 17.5. The Morgan fingerprint density at radius 1 is 1.37 bits per heavy atom. The zero-order valence-electron chi connectivity index (χ0n) is 16.7. The Kier molecular flexibility index (Phi) is 9.48. The maximum Gasteiger partial charge on any atom is 0.243 e. The van der Waals surface area contributed by atoms with E-state index < -0.39 is 0 Å². The van der Waals surface area contributed by atoms with E-state index >= 15 is 0 Å². The Labute approximate surface area is 167 Å². The van der Waals surface area contributed by atoms with Crippen molar-refractivity contribution < 1.29 is 9.53 Å². The quantitative estimate of drug-likeness (QED) is 0.302. The Hall–Kier alpha value is -1.73. The number of likely N-dealkylation sites (tertiary alicyclic amines) is 1. The molecule has 0 spiro atoms. The minimum atomic E-state index is 0.0121. The molecule has 0 aliphatic carbocycles. The first kappa shape index (κ1) is 21.6. The van der Waals surface area contributed by atoms with Gasteiger partial charge in [-0.1, -0.05) is 18.2 Å². The summed E-state index contributed by atoms with van der Waals surface area (Å²) < 4.78 is 5.57. The fraction of sp³-hybridized carbons (Fsp3) is 0.600. The Balaban J connectivity index is 1.87. The minimum absolute atomic E-state index is 0.0121. The highest BCUT2D eigenvalue weighted by Gasteiger charge is 2.25. The molecule has 1 unspecified atom stereocenters. The number of aliphatic imine (C=N–C) groups is 1. The number of carbonyl (C=O) groups excluding carboxylic acids is 1. The number of thioether (sulfide) groups is 1. The van der Waals surface area contributed by atoms with Gasteiger partial charge in [0.2, 0.25) is 5.91 Å². The van der Waals surface area contributed by atoms with Gasteiger partial charge in [0, 0.05) is 56.9 Å². The highest BCUT2D eigenvalue weighted by molar-refractivity contribution is 7.99. The lowest BCUT2D eigenvalue weighted by molar-refractivity contribution is -0.127. The van der Waals surface area contributed by atoms with E-state index in [0.717, 1.165) is 51.0 Å². The Morgan fingerprint density at radius 3 is 2.85 bits per heavy atom. The van der Waals surface area contributed by atoms with Crippen molar-refractivity contribution in [1.82, 2.24) is 15.1 Å². The van der Waals surface area contributed by atoms with Crippen molar-refractivity contribution >= 4 is 23.6 Å². The summed E-state index contributed by atoms with van der Waals surface area (Å²) in [6.45, 7) is 6.43. The van der Waals surface area contributed by atoms with Gasteiger partial charge in [-0.3, -0.25) is 4.79 Å². The first-order valence-corrected chi connectivity index (χ1v) is 10.6. The molecule has 0 saturated carbocycles. The topological polar surface area (TPSA) is 57.2 Å². The molecule has 2 rings (SSSR count). The number of amides is 1. The fourth-order valence-electron chi connectivity index (χ4n) is 2.85. The SMILES string of the molecule is CCOCC1CCN(C(=NCC(=O)N(C)C)NCCSc2ccccc2)C1. The van der Waals surface area contributed by atoms with Gasteiger partial charge in [0.05, 0.1) is 6.61 Å². The molecule has 150 valence electrons. The molecule has 6 nitrogen and oxygen atoms in total. The van der Waals surface area contributed by atoms with E-state index in [2.05, 4.69) is 39.5 Å². The maximum atomic E-state index is 11.9. The number of benzene rings is 1. The number of likely N-dealkylation sites (N-methyl/N-ethyl adjacent to an activating group) is 1. The fourth-order valence-corrected chi connectivity index (χ4v) is 3.64. The molecule has 7 heteroatoms. The van der Waals surface area contributed by atoms with Gasteiger partial charge in [-0.15, -0.1) is 11.8 Å². The first-order valence-electron chi connectivity index (χ1n) is 9.59. The molecule has 0 aromatic heterocycles. The summed E-state index contributed by atoms with van der Waals surface area (Å²) in [4.78, 5) is 21.6. The van der Waals surface area contributed by atoms with Crippen LogP contribution >= 0.6 is 11.8 Å². The third-order valence-corrected chi connectivity index (χ3v) is 5.42. The van der Waals surface area contributed by atoms with Crippen LogP contribution in [0.3, 0.4) is 0 Å². The van der Waals surface area contributed by atoms with Crippen LogP contribution in [0.25, 0.3) is 0 Å². The Bertz CT molecular complexity index is 595. The van der Waals surface area contributed by atoms with E-state index in [-0.39, 0.29) is 12.5 Å². The Morgan fingerprint density at radius 2 is 2.15 bits per heavy atom. The first-order chi connectivity index (χ1) is 13.1. The van der Waals surface area contributed by atoms with Crippen LogP contribution in [0.1, 0.15) is 13.3 Å².